The summed E-state index contributed by atoms with van der Waals surface area (Å²) >= 11 is 3.64. The van der Waals surface area contributed by atoms with E-state index in [9.17, 15) is 5.11 Å². The van der Waals surface area contributed by atoms with E-state index in [-0.39, 0.29) is 6.04 Å². The highest BCUT2D eigenvalue weighted by atomic mass is 79.9. The predicted octanol–water partition coefficient (Wildman–Crippen LogP) is 4.32. The van der Waals surface area contributed by atoms with Crippen molar-refractivity contribution in [2.24, 2.45) is 0 Å². The van der Waals surface area contributed by atoms with Gasteiger partial charge in [-0.15, -0.1) is 0 Å². The van der Waals surface area contributed by atoms with E-state index in [1.54, 1.807) is 13.8 Å². The summed E-state index contributed by atoms with van der Waals surface area (Å²) in [6.45, 7) is 5.25. The fourth-order valence-electron chi connectivity index (χ4n) is 3.05. The maximum Gasteiger partial charge on any atom is 0.120 e. The third-order valence-corrected chi connectivity index (χ3v) is 5.00. The Balaban J connectivity index is 1.95. The standard InChI is InChI=1S/C21H22BrNO/c1-21(2,24)13-11-20-18-9-5-3-7-16(18)12-14-23(20)15-17-8-4-6-10-19(17)22/h3-10,20,24H,12,14-15H2,1-2H3/t20-/m0/s1. The number of aliphatic hydroxyl groups is 1. The molecule has 124 valence electrons. The zero-order valence-corrected chi connectivity index (χ0v) is 15.7. The van der Waals surface area contributed by atoms with Gasteiger partial charge in [0, 0.05) is 17.6 Å². The van der Waals surface area contributed by atoms with Crippen LogP contribution in [0.5, 0.6) is 0 Å². The molecular weight excluding hydrogens is 362 g/mol. The average Bonchev–Trinajstić information content (AvgIpc) is 2.55. The van der Waals surface area contributed by atoms with Gasteiger partial charge in [-0.1, -0.05) is 70.2 Å². The molecule has 1 N–H and O–H groups in total. The highest BCUT2D eigenvalue weighted by Gasteiger charge is 2.26. The molecule has 0 saturated carbocycles. The van der Waals surface area contributed by atoms with Crippen molar-refractivity contribution in [3.8, 4) is 11.8 Å². The second-order valence-corrected chi connectivity index (χ2v) is 7.60. The molecule has 3 rings (SSSR count). The van der Waals surface area contributed by atoms with Crippen molar-refractivity contribution >= 4 is 15.9 Å². The zero-order chi connectivity index (χ0) is 17.2. The smallest absolute Gasteiger partial charge is 0.120 e. The first kappa shape index (κ1) is 17.2. The fraction of sp³-hybridized carbons (Fsp3) is 0.333. The van der Waals surface area contributed by atoms with E-state index in [4.69, 9.17) is 0 Å². The van der Waals surface area contributed by atoms with Crippen LogP contribution < -0.4 is 0 Å². The van der Waals surface area contributed by atoms with Gasteiger partial charge in [0.2, 0.25) is 0 Å². The molecule has 2 aromatic rings. The molecule has 0 spiro atoms. The van der Waals surface area contributed by atoms with Gasteiger partial charge >= 0.3 is 0 Å². The van der Waals surface area contributed by atoms with Crippen molar-refractivity contribution in [1.82, 2.24) is 4.90 Å². The molecule has 0 saturated heterocycles. The third-order valence-electron chi connectivity index (χ3n) is 4.23. The Morgan fingerprint density at radius 1 is 1.17 bits per heavy atom. The molecule has 3 heteroatoms. The van der Waals surface area contributed by atoms with Gasteiger partial charge in [0.15, 0.2) is 0 Å². The molecule has 0 radical (unpaired) electrons. The van der Waals surface area contributed by atoms with Crippen LogP contribution in [0.4, 0.5) is 0 Å². The fourth-order valence-corrected chi connectivity index (χ4v) is 3.46. The summed E-state index contributed by atoms with van der Waals surface area (Å²) in [7, 11) is 0. The zero-order valence-electron chi connectivity index (χ0n) is 14.1. The van der Waals surface area contributed by atoms with Gasteiger partial charge in [-0.25, -0.2) is 0 Å². The number of halogens is 1. The highest BCUT2D eigenvalue weighted by Crippen LogP contribution is 2.31. The molecule has 0 fully saturated rings. The van der Waals surface area contributed by atoms with E-state index in [2.05, 4.69) is 75.1 Å². The van der Waals surface area contributed by atoms with Crippen LogP contribution in [-0.4, -0.2) is 22.2 Å². The predicted molar refractivity (Wildman–Crippen MR) is 102 cm³/mol. The average molecular weight is 384 g/mol. The number of benzene rings is 2. The van der Waals surface area contributed by atoms with E-state index >= 15 is 0 Å². The monoisotopic (exact) mass is 383 g/mol. The van der Waals surface area contributed by atoms with Crippen LogP contribution in [0.3, 0.4) is 0 Å². The first-order valence-corrected chi connectivity index (χ1v) is 9.04. The minimum Gasteiger partial charge on any atom is -0.378 e. The Morgan fingerprint density at radius 2 is 1.88 bits per heavy atom. The Hall–Kier alpha value is -1.60. The topological polar surface area (TPSA) is 23.5 Å². The molecule has 1 atom stereocenters. The van der Waals surface area contributed by atoms with Gasteiger partial charge in [0.25, 0.3) is 0 Å². The van der Waals surface area contributed by atoms with Gasteiger partial charge in [0.1, 0.15) is 5.60 Å². The lowest BCUT2D eigenvalue weighted by atomic mass is 9.92. The van der Waals surface area contributed by atoms with Gasteiger partial charge in [0.05, 0.1) is 6.04 Å². The summed E-state index contributed by atoms with van der Waals surface area (Å²) in [6, 6.07) is 16.8. The molecule has 2 nitrogen and oxygen atoms in total. The van der Waals surface area contributed by atoms with Crippen LogP contribution in [0.2, 0.25) is 0 Å². The quantitative estimate of drug-likeness (QED) is 0.780. The second-order valence-electron chi connectivity index (χ2n) is 6.74. The van der Waals surface area contributed by atoms with Gasteiger partial charge in [-0.05, 0) is 43.0 Å². The summed E-state index contributed by atoms with van der Waals surface area (Å²) in [5.74, 6) is 6.33. The largest absolute Gasteiger partial charge is 0.378 e. The molecule has 1 aliphatic heterocycles. The van der Waals surface area contributed by atoms with Crippen molar-refractivity contribution in [3.63, 3.8) is 0 Å². The normalized spacial score (nSPS) is 17.8. The number of hydrogen-bond donors (Lipinski definition) is 1. The Kier molecular flexibility index (Phi) is 5.10. The van der Waals surface area contributed by atoms with Crippen LogP contribution >= 0.6 is 15.9 Å². The molecule has 0 unspecified atom stereocenters. The van der Waals surface area contributed by atoms with Crippen molar-refractivity contribution in [2.45, 2.75) is 38.5 Å². The van der Waals surface area contributed by atoms with E-state index in [1.165, 1.54) is 16.7 Å². The SMILES string of the molecule is CC(C)(O)C#C[C@H]1c2ccccc2CCN1Cc1ccccc1Br. The van der Waals surface area contributed by atoms with Crippen LogP contribution in [0.15, 0.2) is 53.0 Å². The minimum atomic E-state index is -0.981. The summed E-state index contributed by atoms with van der Waals surface area (Å²) < 4.78 is 1.12. The number of fused-ring (bicyclic) bond motifs is 1. The lowest BCUT2D eigenvalue weighted by Crippen LogP contribution is -2.34. The molecule has 0 bridgehead atoms. The maximum absolute atomic E-state index is 10.0. The number of rotatable bonds is 2. The molecule has 0 aliphatic carbocycles. The van der Waals surface area contributed by atoms with Crippen LogP contribution in [-0.2, 0) is 13.0 Å². The number of nitrogens with zero attached hydrogens (tertiary/aromatic N) is 1. The Bertz CT molecular complexity index is 782. The van der Waals surface area contributed by atoms with Crippen molar-refractivity contribution < 1.29 is 5.11 Å². The summed E-state index contributed by atoms with van der Waals surface area (Å²) in [4.78, 5) is 2.39. The van der Waals surface area contributed by atoms with Crippen molar-refractivity contribution in [1.29, 1.82) is 0 Å². The van der Waals surface area contributed by atoms with E-state index in [1.807, 2.05) is 6.07 Å². The molecule has 0 amide bonds. The third kappa shape index (κ3) is 4.08. The van der Waals surface area contributed by atoms with Crippen LogP contribution in [0.1, 0.15) is 36.6 Å². The molecule has 24 heavy (non-hydrogen) atoms. The molecule has 1 heterocycles. The first-order chi connectivity index (χ1) is 11.4. The van der Waals surface area contributed by atoms with Crippen molar-refractivity contribution in [2.75, 3.05) is 6.54 Å². The maximum atomic E-state index is 10.0. The first-order valence-electron chi connectivity index (χ1n) is 8.24. The molecular formula is C21H22BrNO. The van der Waals surface area contributed by atoms with Gasteiger partial charge in [-0.3, -0.25) is 4.90 Å². The lowest BCUT2D eigenvalue weighted by Gasteiger charge is -2.35. The van der Waals surface area contributed by atoms with E-state index in [0.29, 0.717) is 0 Å². The Labute approximate surface area is 152 Å². The van der Waals surface area contributed by atoms with Crippen molar-refractivity contribution in [3.05, 3.63) is 69.7 Å². The van der Waals surface area contributed by atoms with Crippen LogP contribution in [0, 0.1) is 11.8 Å². The minimum absolute atomic E-state index is 0.00785. The highest BCUT2D eigenvalue weighted by molar-refractivity contribution is 9.10. The van der Waals surface area contributed by atoms with E-state index < -0.39 is 5.60 Å². The summed E-state index contributed by atoms with van der Waals surface area (Å²) in [5.41, 5.74) is 2.89. The summed E-state index contributed by atoms with van der Waals surface area (Å²) in [5, 5.41) is 10.0. The molecule has 1 aliphatic rings. The molecule has 0 aromatic heterocycles. The number of hydrogen-bond acceptors (Lipinski definition) is 2. The lowest BCUT2D eigenvalue weighted by molar-refractivity contribution is 0.142. The van der Waals surface area contributed by atoms with Gasteiger partial charge in [-0.2, -0.15) is 0 Å². The Morgan fingerprint density at radius 3 is 2.62 bits per heavy atom. The second kappa shape index (κ2) is 7.11. The van der Waals surface area contributed by atoms with Gasteiger partial charge < -0.3 is 5.11 Å². The summed E-state index contributed by atoms with van der Waals surface area (Å²) in [6.07, 6.45) is 1.03. The van der Waals surface area contributed by atoms with E-state index in [0.717, 1.165) is 24.0 Å². The van der Waals surface area contributed by atoms with Crippen LogP contribution in [0.25, 0.3) is 0 Å². The molecule has 2 aromatic carbocycles.